The molecule has 3 aromatic carbocycles. The highest BCUT2D eigenvalue weighted by atomic mass is 19.4. The molecule has 2 saturated heterocycles. The van der Waals surface area contributed by atoms with E-state index in [1.165, 1.54) is 6.07 Å². The molecular weight excluding hydrogens is 519 g/mol. The number of halogens is 3. The van der Waals surface area contributed by atoms with Crippen molar-refractivity contribution >= 4 is 23.2 Å². The molecule has 0 aliphatic carbocycles. The number of benzene rings is 3. The van der Waals surface area contributed by atoms with Gasteiger partial charge in [0.25, 0.3) is 5.91 Å². The summed E-state index contributed by atoms with van der Waals surface area (Å²) in [4.78, 5) is 28.0. The number of alkyl halides is 3. The van der Waals surface area contributed by atoms with Gasteiger partial charge in [0.2, 0.25) is 5.91 Å². The lowest BCUT2D eigenvalue weighted by atomic mass is 9.92. The number of carbonyl (C=O) groups excluding carboxylic acids is 2. The van der Waals surface area contributed by atoms with E-state index in [0.717, 1.165) is 42.5 Å². The van der Waals surface area contributed by atoms with Crippen LogP contribution in [0, 0.1) is 5.92 Å². The molecule has 2 N–H and O–H groups in total. The maximum absolute atomic E-state index is 13.8. The van der Waals surface area contributed by atoms with Gasteiger partial charge in [-0.1, -0.05) is 42.5 Å². The van der Waals surface area contributed by atoms with Gasteiger partial charge in [-0.15, -0.1) is 0 Å². The average molecular weight is 552 g/mol. The highest BCUT2D eigenvalue weighted by molar-refractivity contribution is 6.05. The van der Waals surface area contributed by atoms with Gasteiger partial charge >= 0.3 is 6.18 Å². The average Bonchev–Trinajstić information content (AvgIpc) is 3.11. The maximum Gasteiger partial charge on any atom is 0.418 e. The summed E-state index contributed by atoms with van der Waals surface area (Å²) in [6, 6.07) is 19.2. The van der Waals surface area contributed by atoms with Crippen LogP contribution in [0.3, 0.4) is 0 Å². The summed E-state index contributed by atoms with van der Waals surface area (Å²) in [6.45, 7) is 3.67. The van der Waals surface area contributed by atoms with Crippen LogP contribution in [-0.4, -0.2) is 48.6 Å². The van der Waals surface area contributed by atoms with Crippen molar-refractivity contribution in [1.82, 2.24) is 4.90 Å². The summed E-state index contributed by atoms with van der Waals surface area (Å²) in [7, 11) is 0. The molecule has 6 nitrogen and oxygen atoms in total. The lowest BCUT2D eigenvalue weighted by Crippen LogP contribution is -2.51. The fraction of sp³-hybridized carbons (Fsp3) is 0.355. The molecule has 3 unspecified atom stereocenters. The number of hydrogen-bond donors (Lipinski definition) is 2. The van der Waals surface area contributed by atoms with Crippen LogP contribution < -0.4 is 10.6 Å². The Morgan fingerprint density at radius 2 is 1.68 bits per heavy atom. The lowest BCUT2D eigenvalue weighted by molar-refractivity contribution is -0.137. The van der Waals surface area contributed by atoms with Crippen molar-refractivity contribution in [1.29, 1.82) is 0 Å². The van der Waals surface area contributed by atoms with Gasteiger partial charge in [0, 0.05) is 30.9 Å². The zero-order chi connectivity index (χ0) is 28.3. The summed E-state index contributed by atoms with van der Waals surface area (Å²) >= 11 is 0. The first-order valence-electron chi connectivity index (χ1n) is 13.5. The summed E-state index contributed by atoms with van der Waals surface area (Å²) in [5.41, 5.74) is 1.06. The number of piperidine rings is 1. The molecule has 210 valence electrons. The van der Waals surface area contributed by atoms with E-state index in [2.05, 4.69) is 10.6 Å². The molecule has 2 aliphatic rings. The number of likely N-dealkylation sites (tertiary alicyclic amines) is 1. The van der Waals surface area contributed by atoms with Crippen LogP contribution in [-0.2, 0) is 15.7 Å². The predicted octanol–water partition coefficient (Wildman–Crippen LogP) is 6.45. The van der Waals surface area contributed by atoms with Crippen LogP contribution in [0.5, 0.6) is 0 Å². The molecule has 2 aliphatic heterocycles. The molecule has 3 aromatic rings. The summed E-state index contributed by atoms with van der Waals surface area (Å²) in [5.74, 6) is -0.604. The third-order valence-corrected chi connectivity index (χ3v) is 7.66. The molecule has 9 heteroatoms. The highest BCUT2D eigenvalue weighted by Gasteiger charge is 2.37. The molecule has 3 atom stereocenters. The normalized spacial score (nSPS) is 20.3. The van der Waals surface area contributed by atoms with Crippen LogP contribution in [0.25, 0.3) is 11.1 Å². The van der Waals surface area contributed by atoms with E-state index in [-0.39, 0.29) is 11.8 Å². The first-order valence-corrected chi connectivity index (χ1v) is 13.5. The zero-order valence-corrected chi connectivity index (χ0v) is 22.2. The zero-order valence-electron chi connectivity index (χ0n) is 22.2. The number of nitrogens with zero attached hydrogens (tertiary/aromatic N) is 1. The first kappa shape index (κ1) is 27.9. The van der Waals surface area contributed by atoms with E-state index in [4.69, 9.17) is 4.74 Å². The Morgan fingerprint density at radius 1 is 0.950 bits per heavy atom. The Balaban J connectivity index is 1.30. The molecule has 0 aromatic heterocycles. The number of nitrogens with one attached hydrogen (secondary N) is 2. The van der Waals surface area contributed by atoms with Crippen molar-refractivity contribution in [3.63, 3.8) is 0 Å². The van der Waals surface area contributed by atoms with E-state index in [0.29, 0.717) is 31.2 Å². The number of carbonyl (C=O) groups is 2. The largest absolute Gasteiger partial charge is 0.418 e. The number of amides is 2. The van der Waals surface area contributed by atoms with Crippen LogP contribution in [0.2, 0.25) is 0 Å². The van der Waals surface area contributed by atoms with Gasteiger partial charge in [0.15, 0.2) is 0 Å². The van der Waals surface area contributed by atoms with Gasteiger partial charge < -0.3 is 15.4 Å². The Hall–Kier alpha value is -3.69. The molecule has 0 radical (unpaired) electrons. The second-order valence-electron chi connectivity index (χ2n) is 10.5. The van der Waals surface area contributed by atoms with Crippen LogP contribution in [0.4, 0.5) is 24.5 Å². The van der Waals surface area contributed by atoms with Crippen molar-refractivity contribution in [2.24, 2.45) is 5.92 Å². The van der Waals surface area contributed by atoms with Gasteiger partial charge in [0.1, 0.15) is 0 Å². The number of anilines is 2. The molecule has 0 saturated carbocycles. The van der Waals surface area contributed by atoms with E-state index >= 15 is 0 Å². The fourth-order valence-corrected chi connectivity index (χ4v) is 5.48. The second-order valence-corrected chi connectivity index (χ2v) is 10.5. The van der Waals surface area contributed by atoms with Crippen molar-refractivity contribution in [2.45, 2.75) is 44.5 Å². The number of hydrogen-bond acceptors (Lipinski definition) is 4. The fourth-order valence-electron chi connectivity index (χ4n) is 5.48. The number of fused-ring (bicyclic) bond motifs is 2. The smallest absolute Gasteiger partial charge is 0.377 e. The minimum Gasteiger partial charge on any atom is -0.377 e. The van der Waals surface area contributed by atoms with Crippen LogP contribution in [0.15, 0.2) is 72.8 Å². The highest BCUT2D eigenvalue weighted by Crippen LogP contribution is 2.37. The van der Waals surface area contributed by atoms with Gasteiger partial charge in [-0.05, 0) is 73.6 Å². The van der Waals surface area contributed by atoms with Crippen molar-refractivity contribution < 1.29 is 27.5 Å². The molecule has 5 rings (SSSR count). The molecule has 40 heavy (non-hydrogen) atoms. The Morgan fingerprint density at radius 3 is 2.40 bits per heavy atom. The Kier molecular flexibility index (Phi) is 8.23. The van der Waals surface area contributed by atoms with Crippen molar-refractivity contribution in [3.05, 3.63) is 83.9 Å². The van der Waals surface area contributed by atoms with Crippen LogP contribution >= 0.6 is 0 Å². The third kappa shape index (κ3) is 6.54. The molecule has 2 bridgehead atoms. The van der Waals surface area contributed by atoms with E-state index in [1.54, 1.807) is 19.1 Å². The third-order valence-electron chi connectivity index (χ3n) is 7.66. The van der Waals surface area contributed by atoms with Gasteiger partial charge in [-0.25, -0.2) is 0 Å². The predicted molar refractivity (Wildman–Crippen MR) is 148 cm³/mol. The van der Waals surface area contributed by atoms with Crippen LogP contribution in [0.1, 0.15) is 42.1 Å². The standard InChI is InChI=1S/C31H32F3N3O3/c1-20(37-18-21-6-5-15-40-26(16-21)19-37)29(38)36-28-17-25(13-14-27(28)31(32,33)34)35-30(39)24-11-9-23(10-12-24)22-7-3-2-4-8-22/h2-4,7-14,17,20-21,26H,5-6,15-16,18-19H2,1H3,(H,35,39)(H,36,38). The Bertz CT molecular complexity index is 1330. The van der Waals surface area contributed by atoms with Gasteiger partial charge in [0.05, 0.1) is 23.4 Å². The quantitative estimate of drug-likeness (QED) is 0.369. The lowest BCUT2D eigenvalue weighted by Gasteiger charge is -2.38. The maximum atomic E-state index is 13.8. The summed E-state index contributed by atoms with van der Waals surface area (Å²) in [6.07, 6.45) is -1.73. The van der Waals surface area contributed by atoms with E-state index < -0.39 is 35.3 Å². The monoisotopic (exact) mass is 551 g/mol. The van der Waals surface area contributed by atoms with Gasteiger partial charge in [-0.2, -0.15) is 13.2 Å². The Labute approximate surface area is 231 Å². The second kappa shape index (κ2) is 11.8. The molecule has 2 heterocycles. The number of rotatable bonds is 6. The van der Waals surface area contributed by atoms with Crippen molar-refractivity contribution in [2.75, 3.05) is 30.3 Å². The minimum atomic E-state index is -4.68. The first-order chi connectivity index (χ1) is 19.2. The number of ether oxygens (including phenoxy) is 1. The van der Waals surface area contributed by atoms with Gasteiger partial charge in [-0.3, -0.25) is 14.5 Å². The van der Waals surface area contributed by atoms with E-state index in [9.17, 15) is 22.8 Å². The summed E-state index contributed by atoms with van der Waals surface area (Å²) < 4.78 is 47.4. The summed E-state index contributed by atoms with van der Waals surface area (Å²) in [5, 5.41) is 5.13. The molecular formula is C31H32F3N3O3. The topological polar surface area (TPSA) is 70.7 Å². The van der Waals surface area contributed by atoms with E-state index in [1.807, 2.05) is 47.4 Å². The molecule has 0 spiro atoms. The molecule has 2 amide bonds. The minimum absolute atomic E-state index is 0.0301. The van der Waals surface area contributed by atoms with Crippen molar-refractivity contribution in [3.8, 4) is 11.1 Å². The molecule has 2 fully saturated rings. The SMILES string of the molecule is CC(C(=O)Nc1cc(NC(=O)c2ccc(-c3ccccc3)cc2)ccc1C(F)(F)F)N1CC2CCCOC(C2)C1.